The van der Waals surface area contributed by atoms with E-state index in [9.17, 15) is 9.90 Å². The molecule has 0 aliphatic heterocycles. The van der Waals surface area contributed by atoms with E-state index in [4.69, 9.17) is 11.6 Å². The first kappa shape index (κ1) is 12.3. The number of carbonyl (C=O) groups is 1. The van der Waals surface area contributed by atoms with E-state index in [1.165, 1.54) is 6.07 Å². The van der Waals surface area contributed by atoms with Crippen molar-refractivity contribution in [3.05, 3.63) is 28.5 Å². The summed E-state index contributed by atoms with van der Waals surface area (Å²) in [4.78, 5) is 15.8. The van der Waals surface area contributed by atoms with Crippen LogP contribution in [-0.2, 0) is 0 Å². The second-order valence-corrected chi connectivity index (χ2v) is 4.97. The zero-order chi connectivity index (χ0) is 12.5. The van der Waals surface area contributed by atoms with Crippen LogP contribution >= 0.6 is 11.6 Å². The lowest BCUT2D eigenvalue weighted by Gasteiger charge is -2.36. The monoisotopic (exact) mass is 254 g/mol. The fraction of sp³-hybridized carbons (Fsp3) is 0.500. The fourth-order valence-electron chi connectivity index (χ4n) is 1.87. The maximum absolute atomic E-state index is 11.8. The molecule has 1 aromatic heterocycles. The molecular weight excluding hydrogens is 240 g/mol. The predicted molar refractivity (Wildman–Crippen MR) is 65.1 cm³/mol. The normalized spacial score (nSPS) is 17.4. The molecule has 0 radical (unpaired) electrons. The Morgan fingerprint density at radius 1 is 1.59 bits per heavy atom. The highest BCUT2D eigenvalue weighted by atomic mass is 35.5. The zero-order valence-electron chi connectivity index (χ0n) is 9.66. The Morgan fingerprint density at radius 2 is 2.29 bits per heavy atom. The number of amides is 1. The van der Waals surface area contributed by atoms with Gasteiger partial charge in [0.15, 0.2) is 0 Å². The van der Waals surface area contributed by atoms with Gasteiger partial charge in [-0.05, 0) is 38.3 Å². The number of halogens is 1. The molecule has 92 valence electrons. The largest absolute Gasteiger partial charge is 0.388 e. The van der Waals surface area contributed by atoms with Crippen molar-refractivity contribution in [2.24, 2.45) is 0 Å². The quantitative estimate of drug-likeness (QED) is 0.807. The molecular formula is C12H15ClN2O2. The summed E-state index contributed by atoms with van der Waals surface area (Å²) in [5.74, 6) is -0.224. The van der Waals surface area contributed by atoms with Crippen molar-refractivity contribution in [1.82, 2.24) is 10.3 Å². The molecule has 0 unspecified atom stereocenters. The molecule has 2 N–H and O–H groups in total. The van der Waals surface area contributed by atoms with Crippen molar-refractivity contribution in [1.29, 1.82) is 0 Å². The Hall–Kier alpha value is -1.13. The number of aromatic nitrogens is 1. The molecule has 0 spiro atoms. The molecule has 1 fully saturated rings. The summed E-state index contributed by atoms with van der Waals surface area (Å²) in [6.45, 7) is 2.08. The van der Waals surface area contributed by atoms with Crippen LogP contribution in [0.4, 0.5) is 0 Å². The van der Waals surface area contributed by atoms with Gasteiger partial charge < -0.3 is 10.4 Å². The summed E-state index contributed by atoms with van der Waals surface area (Å²) in [5, 5.41) is 12.9. The minimum absolute atomic E-state index is 0.224. The van der Waals surface area contributed by atoms with Crippen LogP contribution < -0.4 is 5.32 Å². The van der Waals surface area contributed by atoms with Crippen LogP contribution in [0.5, 0.6) is 0 Å². The molecule has 4 nitrogen and oxygen atoms in total. The number of aliphatic hydroxyl groups is 1. The third-order valence-electron chi connectivity index (χ3n) is 3.05. The molecule has 17 heavy (non-hydrogen) atoms. The predicted octanol–water partition coefficient (Wildman–Crippen LogP) is 1.69. The van der Waals surface area contributed by atoms with E-state index in [0.717, 1.165) is 19.3 Å². The molecule has 5 heteroatoms. The highest BCUT2D eigenvalue weighted by molar-refractivity contribution is 6.29. The van der Waals surface area contributed by atoms with Crippen molar-refractivity contribution in [2.75, 3.05) is 6.54 Å². The fourth-order valence-corrected chi connectivity index (χ4v) is 2.12. The van der Waals surface area contributed by atoms with Crippen LogP contribution in [0.2, 0.25) is 5.15 Å². The number of hydrogen-bond donors (Lipinski definition) is 2. The zero-order valence-corrected chi connectivity index (χ0v) is 10.4. The number of rotatable bonds is 3. The van der Waals surface area contributed by atoms with Crippen molar-refractivity contribution >= 4 is 17.5 Å². The van der Waals surface area contributed by atoms with Gasteiger partial charge in [-0.2, -0.15) is 0 Å². The molecule has 1 aliphatic rings. The van der Waals surface area contributed by atoms with Crippen molar-refractivity contribution in [2.45, 2.75) is 31.8 Å². The highest BCUT2D eigenvalue weighted by Crippen LogP contribution is 2.30. The number of pyridine rings is 1. The van der Waals surface area contributed by atoms with E-state index in [1.807, 2.05) is 0 Å². The molecule has 0 aromatic carbocycles. The molecule has 1 amide bonds. The SMILES string of the molecule is Cc1cc(C(=O)NCC2(O)CCC2)cc(Cl)n1. The van der Waals surface area contributed by atoms with E-state index >= 15 is 0 Å². The van der Waals surface area contributed by atoms with Gasteiger partial charge in [0.05, 0.1) is 5.60 Å². The van der Waals surface area contributed by atoms with Crippen LogP contribution in [0.3, 0.4) is 0 Å². The van der Waals surface area contributed by atoms with Gasteiger partial charge in [-0.15, -0.1) is 0 Å². The topological polar surface area (TPSA) is 62.2 Å². The lowest BCUT2D eigenvalue weighted by Crippen LogP contribution is -2.47. The van der Waals surface area contributed by atoms with Gasteiger partial charge in [0.25, 0.3) is 5.91 Å². The number of carbonyl (C=O) groups excluding carboxylic acids is 1. The van der Waals surface area contributed by atoms with Crippen LogP contribution in [0.25, 0.3) is 0 Å². The van der Waals surface area contributed by atoms with Gasteiger partial charge in [-0.3, -0.25) is 4.79 Å². The van der Waals surface area contributed by atoms with Gasteiger partial charge in [0.2, 0.25) is 0 Å². The summed E-state index contributed by atoms with van der Waals surface area (Å²) in [6.07, 6.45) is 2.53. The third kappa shape index (κ3) is 2.96. The Balaban J connectivity index is 1.99. The lowest BCUT2D eigenvalue weighted by atomic mass is 9.80. The van der Waals surface area contributed by atoms with Crippen molar-refractivity contribution < 1.29 is 9.90 Å². The minimum atomic E-state index is -0.707. The standard InChI is InChI=1S/C12H15ClN2O2/c1-8-5-9(6-10(13)15-8)11(16)14-7-12(17)3-2-4-12/h5-6,17H,2-4,7H2,1H3,(H,14,16). The molecule has 1 aromatic rings. The average molecular weight is 255 g/mol. The second-order valence-electron chi connectivity index (χ2n) is 4.58. The van der Waals surface area contributed by atoms with Crippen molar-refractivity contribution in [3.8, 4) is 0 Å². The first-order chi connectivity index (χ1) is 7.98. The molecule has 1 aliphatic carbocycles. The first-order valence-corrected chi connectivity index (χ1v) is 6.01. The van der Waals surface area contributed by atoms with Crippen LogP contribution in [0.15, 0.2) is 12.1 Å². The minimum Gasteiger partial charge on any atom is -0.388 e. The Bertz CT molecular complexity index is 424. The molecule has 2 rings (SSSR count). The number of hydrogen-bond acceptors (Lipinski definition) is 3. The van der Waals surface area contributed by atoms with Crippen LogP contribution in [0, 0.1) is 6.92 Å². The Morgan fingerprint density at radius 3 is 2.82 bits per heavy atom. The summed E-state index contributed by atoms with van der Waals surface area (Å²) < 4.78 is 0. The van der Waals surface area contributed by atoms with Gasteiger partial charge in [-0.25, -0.2) is 4.98 Å². The Kier molecular flexibility index (Phi) is 3.35. The summed E-state index contributed by atoms with van der Waals surface area (Å²) in [6, 6.07) is 3.20. The van der Waals surface area contributed by atoms with E-state index in [-0.39, 0.29) is 5.91 Å². The average Bonchev–Trinajstić information content (AvgIpc) is 2.22. The van der Waals surface area contributed by atoms with Gasteiger partial charge in [-0.1, -0.05) is 11.6 Å². The summed E-state index contributed by atoms with van der Waals surface area (Å²) in [7, 11) is 0. The second kappa shape index (κ2) is 4.63. The summed E-state index contributed by atoms with van der Waals surface area (Å²) in [5.41, 5.74) is 0.470. The molecule has 0 atom stereocenters. The maximum Gasteiger partial charge on any atom is 0.251 e. The lowest BCUT2D eigenvalue weighted by molar-refractivity contribution is -0.0300. The van der Waals surface area contributed by atoms with E-state index in [0.29, 0.717) is 23.0 Å². The molecule has 1 heterocycles. The number of aryl methyl sites for hydroxylation is 1. The smallest absolute Gasteiger partial charge is 0.251 e. The van der Waals surface area contributed by atoms with Gasteiger partial charge in [0.1, 0.15) is 5.15 Å². The Labute approximate surface area is 105 Å². The van der Waals surface area contributed by atoms with Crippen LogP contribution in [-0.4, -0.2) is 28.1 Å². The molecule has 0 bridgehead atoms. The third-order valence-corrected chi connectivity index (χ3v) is 3.24. The van der Waals surface area contributed by atoms with E-state index < -0.39 is 5.60 Å². The van der Waals surface area contributed by atoms with Gasteiger partial charge in [0, 0.05) is 17.8 Å². The van der Waals surface area contributed by atoms with Crippen LogP contribution in [0.1, 0.15) is 35.3 Å². The number of nitrogens with one attached hydrogen (secondary N) is 1. The van der Waals surface area contributed by atoms with E-state index in [2.05, 4.69) is 10.3 Å². The summed E-state index contributed by atoms with van der Waals surface area (Å²) >= 11 is 5.78. The van der Waals surface area contributed by atoms with E-state index in [1.54, 1.807) is 13.0 Å². The molecule has 1 saturated carbocycles. The molecule has 0 saturated heterocycles. The first-order valence-electron chi connectivity index (χ1n) is 5.63. The van der Waals surface area contributed by atoms with Crippen molar-refractivity contribution in [3.63, 3.8) is 0 Å². The number of nitrogens with zero attached hydrogens (tertiary/aromatic N) is 1. The van der Waals surface area contributed by atoms with Gasteiger partial charge >= 0.3 is 0 Å². The highest BCUT2D eigenvalue weighted by Gasteiger charge is 2.34. The maximum atomic E-state index is 11.8.